The predicted octanol–water partition coefficient (Wildman–Crippen LogP) is 10.2. The highest BCUT2D eigenvalue weighted by Gasteiger charge is 2.38. The molecule has 0 unspecified atom stereocenters. The lowest BCUT2D eigenvalue weighted by molar-refractivity contribution is -0.130. The third kappa shape index (κ3) is 9.85. The maximum atomic E-state index is 14.2. The van der Waals surface area contributed by atoms with Crippen LogP contribution in [0.15, 0.2) is 182 Å². The van der Waals surface area contributed by atoms with E-state index in [1.807, 2.05) is 23.5 Å². The molecule has 1 N–H and O–H groups in total. The summed E-state index contributed by atoms with van der Waals surface area (Å²) >= 11 is 3.84. The largest absolute Gasteiger partial charge is 0.339 e. The Hall–Kier alpha value is -4.59. The molecule has 6 aromatic rings. The van der Waals surface area contributed by atoms with Crippen LogP contribution in [0.1, 0.15) is 47.2 Å². The van der Waals surface area contributed by atoms with Crippen LogP contribution >= 0.6 is 23.5 Å². The van der Waals surface area contributed by atoms with Crippen molar-refractivity contribution < 1.29 is 4.79 Å². The molecule has 0 aliphatic rings. The molecule has 0 aliphatic carbocycles. The first-order chi connectivity index (χ1) is 27.6. The minimum atomic E-state index is -0.421. The van der Waals surface area contributed by atoms with Crippen LogP contribution in [0.2, 0.25) is 0 Å². The highest BCUT2D eigenvalue weighted by Crippen LogP contribution is 2.49. The Kier molecular flexibility index (Phi) is 15.5. The summed E-state index contributed by atoms with van der Waals surface area (Å²) in [5, 5.41) is 3.56. The summed E-state index contributed by atoms with van der Waals surface area (Å²) in [7, 11) is 0. The number of benzene rings is 6. The standard InChI is InChI=1S/C50H55N3OS2/c1-3-52(4-2)36-37-53(38-40-56-50(45-29-17-8-18-30-45,46-31-19-9-20-32-46)47-33-21-10-22-34-47)48(54)41-51-35-39-55-49(42-23-11-5-12-24-42,43-25-13-6-14-26-43)44-27-15-7-16-28-44/h5-34,51H,3-4,35-41H2,1-2H3. The van der Waals surface area contributed by atoms with Gasteiger partial charge in [0.15, 0.2) is 0 Å². The molecule has 56 heavy (non-hydrogen) atoms. The second-order valence-corrected chi connectivity index (χ2v) is 16.5. The van der Waals surface area contributed by atoms with Gasteiger partial charge in [-0.3, -0.25) is 4.79 Å². The van der Waals surface area contributed by atoms with E-state index in [-0.39, 0.29) is 10.7 Å². The van der Waals surface area contributed by atoms with Crippen molar-refractivity contribution in [3.05, 3.63) is 215 Å². The van der Waals surface area contributed by atoms with Gasteiger partial charge < -0.3 is 15.1 Å². The van der Waals surface area contributed by atoms with Crippen molar-refractivity contribution in [3.63, 3.8) is 0 Å². The minimum absolute atomic E-state index is 0.146. The Morgan fingerprint density at radius 1 is 0.464 bits per heavy atom. The Labute approximate surface area is 343 Å². The lowest BCUT2D eigenvalue weighted by Gasteiger charge is -2.36. The number of nitrogens with zero attached hydrogens (tertiary/aromatic N) is 2. The molecular formula is C50H55N3OS2. The molecule has 0 radical (unpaired) electrons. The van der Waals surface area contributed by atoms with Gasteiger partial charge in [0.1, 0.15) is 0 Å². The first-order valence-corrected chi connectivity index (χ1v) is 21.9. The second-order valence-electron chi connectivity index (χ2n) is 13.8. The van der Waals surface area contributed by atoms with Crippen molar-refractivity contribution in [1.29, 1.82) is 0 Å². The van der Waals surface area contributed by atoms with Gasteiger partial charge in [-0.05, 0) is 46.5 Å². The van der Waals surface area contributed by atoms with E-state index in [9.17, 15) is 4.79 Å². The summed E-state index contributed by atoms with van der Waals surface area (Å²) in [6, 6.07) is 64.8. The van der Waals surface area contributed by atoms with Crippen LogP contribution in [-0.4, -0.2) is 73.0 Å². The maximum absolute atomic E-state index is 14.2. The summed E-state index contributed by atoms with van der Waals surface area (Å²) in [6.07, 6.45) is 0. The molecule has 288 valence electrons. The lowest BCUT2D eigenvalue weighted by Crippen LogP contribution is -2.44. The van der Waals surface area contributed by atoms with E-state index >= 15 is 0 Å². The number of amides is 1. The molecule has 0 saturated heterocycles. The Bertz CT molecular complexity index is 1800. The summed E-state index contributed by atoms with van der Waals surface area (Å²) in [5.74, 6) is 1.76. The Morgan fingerprint density at radius 2 is 0.786 bits per heavy atom. The zero-order valence-electron chi connectivity index (χ0n) is 32.8. The molecular weight excluding hydrogens is 723 g/mol. The molecule has 0 aliphatic heterocycles. The number of rotatable bonds is 21. The van der Waals surface area contributed by atoms with Gasteiger partial charge in [-0.1, -0.05) is 196 Å². The van der Waals surface area contributed by atoms with Gasteiger partial charge in [-0.15, -0.1) is 23.5 Å². The van der Waals surface area contributed by atoms with E-state index in [1.165, 1.54) is 33.4 Å². The average molecular weight is 778 g/mol. The molecule has 0 fully saturated rings. The fourth-order valence-electron chi connectivity index (χ4n) is 7.59. The number of hydrogen-bond acceptors (Lipinski definition) is 5. The minimum Gasteiger partial charge on any atom is -0.339 e. The van der Waals surface area contributed by atoms with Gasteiger partial charge in [-0.2, -0.15) is 0 Å². The normalized spacial score (nSPS) is 11.8. The van der Waals surface area contributed by atoms with Crippen molar-refractivity contribution in [2.24, 2.45) is 0 Å². The average Bonchev–Trinajstić information content (AvgIpc) is 3.28. The fourth-order valence-corrected chi connectivity index (χ4v) is 10.6. The van der Waals surface area contributed by atoms with E-state index in [0.717, 1.165) is 31.1 Å². The summed E-state index contributed by atoms with van der Waals surface area (Å²) in [5.41, 5.74) is 7.45. The van der Waals surface area contributed by atoms with Crippen LogP contribution in [-0.2, 0) is 14.3 Å². The number of nitrogens with one attached hydrogen (secondary N) is 1. The van der Waals surface area contributed by atoms with Crippen molar-refractivity contribution in [1.82, 2.24) is 15.1 Å². The number of hydrogen-bond donors (Lipinski definition) is 1. The number of carbonyl (C=O) groups is 1. The predicted molar refractivity (Wildman–Crippen MR) is 241 cm³/mol. The van der Waals surface area contributed by atoms with E-state index in [2.05, 4.69) is 211 Å². The molecule has 6 rings (SSSR count). The SMILES string of the molecule is CCN(CC)CCN(CCSC(c1ccccc1)(c1ccccc1)c1ccccc1)C(=O)CNCCSC(c1ccccc1)(c1ccccc1)c1ccccc1. The quantitative estimate of drug-likeness (QED) is 0.0582. The van der Waals surface area contributed by atoms with E-state index < -0.39 is 4.75 Å². The summed E-state index contributed by atoms with van der Waals surface area (Å²) in [6.45, 7) is 9.55. The summed E-state index contributed by atoms with van der Waals surface area (Å²) < 4.78 is -0.805. The topological polar surface area (TPSA) is 35.6 Å². The van der Waals surface area contributed by atoms with Gasteiger partial charge >= 0.3 is 0 Å². The molecule has 6 heteroatoms. The van der Waals surface area contributed by atoms with Gasteiger partial charge in [-0.25, -0.2) is 0 Å². The molecule has 0 bridgehead atoms. The van der Waals surface area contributed by atoms with Crippen molar-refractivity contribution in [2.75, 3.05) is 57.3 Å². The van der Waals surface area contributed by atoms with Crippen LogP contribution in [0.25, 0.3) is 0 Å². The van der Waals surface area contributed by atoms with E-state index in [0.29, 0.717) is 26.2 Å². The first kappa shape index (κ1) is 41.1. The molecule has 4 nitrogen and oxygen atoms in total. The van der Waals surface area contributed by atoms with Crippen LogP contribution in [0, 0.1) is 0 Å². The van der Waals surface area contributed by atoms with E-state index in [1.54, 1.807) is 0 Å². The van der Waals surface area contributed by atoms with Crippen molar-refractivity contribution >= 4 is 29.4 Å². The lowest BCUT2D eigenvalue weighted by atomic mass is 9.84. The highest BCUT2D eigenvalue weighted by atomic mass is 32.2. The Balaban J connectivity index is 1.18. The van der Waals surface area contributed by atoms with Gasteiger partial charge in [0.2, 0.25) is 5.91 Å². The van der Waals surface area contributed by atoms with Gasteiger partial charge in [0, 0.05) is 37.7 Å². The number of likely N-dealkylation sites (N-methyl/N-ethyl adjacent to an activating group) is 1. The zero-order chi connectivity index (χ0) is 38.9. The van der Waals surface area contributed by atoms with Crippen LogP contribution in [0.4, 0.5) is 0 Å². The molecule has 0 aromatic heterocycles. The third-order valence-electron chi connectivity index (χ3n) is 10.6. The molecule has 6 aromatic carbocycles. The monoisotopic (exact) mass is 777 g/mol. The molecule has 0 spiro atoms. The van der Waals surface area contributed by atoms with Crippen LogP contribution in [0.5, 0.6) is 0 Å². The Morgan fingerprint density at radius 3 is 1.11 bits per heavy atom. The number of thioether (sulfide) groups is 2. The van der Waals surface area contributed by atoms with E-state index in [4.69, 9.17) is 0 Å². The number of carbonyl (C=O) groups excluding carboxylic acids is 1. The molecule has 0 saturated carbocycles. The maximum Gasteiger partial charge on any atom is 0.236 e. The first-order valence-electron chi connectivity index (χ1n) is 19.9. The van der Waals surface area contributed by atoms with Crippen molar-refractivity contribution in [3.8, 4) is 0 Å². The smallest absolute Gasteiger partial charge is 0.236 e. The zero-order valence-corrected chi connectivity index (χ0v) is 34.4. The molecule has 0 heterocycles. The van der Waals surface area contributed by atoms with Gasteiger partial charge in [0.25, 0.3) is 0 Å². The van der Waals surface area contributed by atoms with Crippen LogP contribution in [0.3, 0.4) is 0 Å². The van der Waals surface area contributed by atoms with Crippen molar-refractivity contribution in [2.45, 2.75) is 23.3 Å². The summed E-state index contributed by atoms with van der Waals surface area (Å²) in [4.78, 5) is 18.6. The fraction of sp³-hybridized carbons (Fsp3) is 0.260. The molecule has 1 amide bonds. The molecule has 0 atom stereocenters. The van der Waals surface area contributed by atoms with Crippen LogP contribution < -0.4 is 5.32 Å². The van der Waals surface area contributed by atoms with Gasteiger partial charge in [0.05, 0.1) is 16.0 Å². The highest BCUT2D eigenvalue weighted by molar-refractivity contribution is 8.00. The second kappa shape index (κ2) is 21.1. The third-order valence-corrected chi connectivity index (χ3v) is 13.6.